The van der Waals surface area contributed by atoms with Gasteiger partial charge in [-0.25, -0.2) is 0 Å². The van der Waals surface area contributed by atoms with Crippen molar-refractivity contribution in [2.75, 3.05) is 20.3 Å². The molecule has 7 heteroatoms. The number of thiophene rings is 1. The molecule has 1 heterocycles. The molecule has 3 aromatic rings. The molecule has 0 aliphatic carbocycles. The van der Waals surface area contributed by atoms with Gasteiger partial charge in [0, 0.05) is 4.88 Å². The van der Waals surface area contributed by atoms with Gasteiger partial charge in [-0.2, -0.15) is 5.26 Å². The number of rotatable bonds is 10. The molecule has 3 rings (SSSR count). The number of nitriles is 1. The number of nitrogens with zero attached hydrogens (tertiary/aromatic N) is 1. The van der Waals surface area contributed by atoms with E-state index in [0.29, 0.717) is 36.8 Å². The molecule has 2 aromatic carbocycles. The SMILES string of the molecule is COc1cc(/C=C(\C#N)C(=O)NCc2cccs2)ccc1OCCOc1ccccc1C. The largest absolute Gasteiger partial charge is 0.493 e. The van der Waals surface area contributed by atoms with Crippen LogP contribution in [-0.2, 0) is 11.3 Å². The molecule has 0 saturated heterocycles. The lowest BCUT2D eigenvalue weighted by atomic mass is 10.1. The first-order valence-electron chi connectivity index (χ1n) is 10.0. The average Bonchev–Trinajstić information content (AvgIpc) is 3.34. The molecule has 32 heavy (non-hydrogen) atoms. The quantitative estimate of drug-likeness (QED) is 0.275. The van der Waals surface area contributed by atoms with Crippen LogP contribution in [-0.4, -0.2) is 26.2 Å². The zero-order valence-electron chi connectivity index (χ0n) is 18.0. The highest BCUT2D eigenvalue weighted by atomic mass is 32.1. The van der Waals surface area contributed by atoms with Gasteiger partial charge < -0.3 is 19.5 Å². The minimum atomic E-state index is -0.423. The normalized spacial score (nSPS) is 10.8. The Morgan fingerprint density at radius 3 is 2.53 bits per heavy atom. The van der Waals surface area contributed by atoms with E-state index >= 15 is 0 Å². The predicted octanol–water partition coefficient (Wildman–Crippen LogP) is 4.75. The number of para-hydroxylation sites is 1. The van der Waals surface area contributed by atoms with Crippen LogP contribution < -0.4 is 19.5 Å². The summed E-state index contributed by atoms with van der Waals surface area (Å²) in [6.07, 6.45) is 1.53. The van der Waals surface area contributed by atoms with Gasteiger partial charge >= 0.3 is 0 Å². The third-order valence-corrected chi connectivity index (χ3v) is 5.44. The number of hydrogen-bond donors (Lipinski definition) is 1. The molecule has 1 aromatic heterocycles. The van der Waals surface area contributed by atoms with Gasteiger partial charge in [-0.1, -0.05) is 30.3 Å². The van der Waals surface area contributed by atoms with Crippen molar-refractivity contribution in [3.05, 3.63) is 81.6 Å². The summed E-state index contributed by atoms with van der Waals surface area (Å²) in [4.78, 5) is 13.4. The highest BCUT2D eigenvalue weighted by Crippen LogP contribution is 2.29. The number of ether oxygens (including phenoxy) is 3. The molecule has 0 fully saturated rings. The Balaban J connectivity index is 1.59. The predicted molar refractivity (Wildman–Crippen MR) is 125 cm³/mol. The van der Waals surface area contributed by atoms with Crippen LogP contribution in [0.25, 0.3) is 6.08 Å². The van der Waals surface area contributed by atoms with Crippen molar-refractivity contribution >= 4 is 23.3 Å². The molecular weight excluding hydrogens is 424 g/mol. The lowest BCUT2D eigenvalue weighted by molar-refractivity contribution is -0.117. The van der Waals surface area contributed by atoms with Gasteiger partial charge in [0.15, 0.2) is 11.5 Å². The van der Waals surface area contributed by atoms with Crippen LogP contribution in [0.2, 0.25) is 0 Å². The van der Waals surface area contributed by atoms with E-state index in [4.69, 9.17) is 14.2 Å². The summed E-state index contributed by atoms with van der Waals surface area (Å²) in [7, 11) is 1.54. The zero-order chi connectivity index (χ0) is 22.8. The number of aryl methyl sites for hydroxylation is 1. The second kappa shape index (κ2) is 11.6. The van der Waals surface area contributed by atoms with E-state index in [1.807, 2.05) is 54.8 Å². The molecule has 1 amide bonds. The van der Waals surface area contributed by atoms with Crippen LogP contribution in [0.15, 0.2) is 65.6 Å². The standard InChI is InChI=1S/C25H24N2O4S/c1-18-6-3-4-8-22(18)30-11-12-31-23-10-9-19(15-24(23)29-2)14-20(16-26)25(28)27-17-21-7-5-13-32-21/h3-10,13-15H,11-12,17H2,1-2H3,(H,27,28)/b20-14+. The Kier molecular flexibility index (Phi) is 8.29. The molecule has 0 bridgehead atoms. The summed E-state index contributed by atoms with van der Waals surface area (Å²) >= 11 is 1.55. The maximum Gasteiger partial charge on any atom is 0.262 e. The summed E-state index contributed by atoms with van der Waals surface area (Å²) in [6, 6.07) is 18.8. The maximum absolute atomic E-state index is 12.3. The molecule has 0 aliphatic rings. The Labute approximate surface area is 191 Å². The molecule has 0 saturated carbocycles. The average molecular weight is 449 g/mol. The molecule has 1 N–H and O–H groups in total. The number of methoxy groups -OCH3 is 1. The third-order valence-electron chi connectivity index (χ3n) is 4.56. The molecular formula is C25H24N2O4S. The Morgan fingerprint density at radius 2 is 1.84 bits per heavy atom. The van der Waals surface area contributed by atoms with E-state index < -0.39 is 5.91 Å². The molecule has 0 atom stereocenters. The van der Waals surface area contributed by atoms with Crippen molar-refractivity contribution in [2.24, 2.45) is 0 Å². The van der Waals surface area contributed by atoms with Crippen molar-refractivity contribution in [1.82, 2.24) is 5.32 Å². The van der Waals surface area contributed by atoms with E-state index in [2.05, 4.69) is 5.32 Å². The number of hydrogen-bond acceptors (Lipinski definition) is 6. The minimum absolute atomic E-state index is 0.0175. The summed E-state index contributed by atoms with van der Waals surface area (Å²) in [5.41, 5.74) is 1.74. The topological polar surface area (TPSA) is 80.6 Å². The summed E-state index contributed by atoms with van der Waals surface area (Å²) in [6.45, 7) is 3.10. The highest BCUT2D eigenvalue weighted by Gasteiger charge is 2.11. The minimum Gasteiger partial charge on any atom is -0.493 e. The van der Waals surface area contributed by atoms with Gasteiger partial charge in [0.25, 0.3) is 5.91 Å². The fraction of sp³-hybridized carbons (Fsp3) is 0.200. The van der Waals surface area contributed by atoms with Crippen molar-refractivity contribution < 1.29 is 19.0 Å². The van der Waals surface area contributed by atoms with E-state index in [0.717, 1.165) is 16.2 Å². The summed E-state index contributed by atoms with van der Waals surface area (Å²) < 4.78 is 16.9. The van der Waals surface area contributed by atoms with E-state index in [9.17, 15) is 10.1 Å². The zero-order valence-corrected chi connectivity index (χ0v) is 18.8. The molecule has 0 radical (unpaired) electrons. The summed E-state index contributed by atoms with van der Waals surface area (Å²) in [5.74, 6) is 1.46. The highest BCUT2D eigenvalue weighted by molar-refractivity contribution is 7.09. The maximum atomic E-state index is 12.3. The van der Waals surface area contributed by atoms with Crippen LogP contribution in [0.1, 0.15) is 16.0 Å². The second-order valence-electron chi connectivity index (χ2n) is 6.80. The lowest BCUT2D eigenvalue weighted by Gasteiger charge is -2.13. The number of nitrogens with one attached hydrogen (secondary N) is 1. The van der Waals surface area contributed by atoms with Gasteiger partial charge in [0.1, 0.15) is 30.6 Å². The fourth-order valence-electron chi connectivity index (χ4n) is 2.91. The lowest BCUT2D eigenvalue weighted by Crippen LogP contribution is -2.23. The molecule has 0 unspecified atom stereocenters. The van der Waals surface area contributed by atoms with Crippen LogP contribution in [0.3, 0.4) is 0 Å². The summed E-state index contributed by atoms with van der Waals surface area (Å²) in [5, 5.41) is 14.1. The third kappa shape index (κ3) is 6.37. The van der Waals surface area contributed by atoms with Crippen molar-refractivity contribution in [3.63, 3.8) is 0 Å². The van der Waals surface area contributed by atoms with Crippen molar-refractivity contribution in [3.8, 4) is 23.3 Å². The molecule has 0 spiro atoms. The number of carbonyl (C=O) groups is 1. The Morgan fingerprint density at radius 1 is 1.06 bits per heavy atom. The van der Waals surface area contributed by atoms with Gasteiger partial charge in [0.2, 0.25) is 0 Å². The fourth-order valence-corrected chi connectivity index (χ4v) is 3.55. The smallest absolute Gasteiger partial charge is 0.262 e. The van der Waals surface area contributed by atoms with Crippen LogP contribution in [0, 0.1) is 18.3 Å². The van der Waals surface area contributed by atoms with Gasteiger partial charge in [-0.3, -0.25) is 4.79 Å². The number of carbonyl (C=O) groups excluding carboxylic acids is 1. The van der Waals surface area contributed by atoms with Gasteiger partial charge in [0.05, 0.1) is 13.7 Å². The van der Waals surface area contributed by atoms with E-state index in [1.54, 1.807) is 36.6 Å². The van der Waals surface area contributed by atoms with E-state index in [1.165, 1.54) is 6.08 Å². The Bertz CT molecular complexity index is 1120. The van der Waals surface area contributed by atoms with Gasteiger partial charge in [-0.05, 0) is 53.8 Å². The molecule has 0 aliphatic heterocycles. The monoisotopic (exact) mass is 448 g/mol. The molecule has 6 nitrogen and oxygen atoms in total. The van der Waals surface area contributed by atoms with Crippen LogP contribution in [0.4, 0.5) is 0 Å². The second-order valence-corrected chi connectivity index (χ2v) is 7.84. The van der Waals surface area contributed by atoms with Crippen molar-refractivity contribution in [2.45, 2.75) is 13.5 Å². The van der Waals surface area contributed by atoms with E-state index in [-0.39, 0.29) is 5.57 Å². The van der Waals surface area contributed by atoms with Crippen LogP contribution >= 0.6 is 11.3 Å². The first-order valence-corrected chi connectivity index (χ1v) is 10.9. The van der Waals surface area contributed by atoms with Crippen LogP contribution in [0.5, 0.6) is 17.2 Å². The Hall–Kier alpha value is -3.76. The molecule has 164 valence electrons. The first kappa shape index (κ1) is 22.9. The van der Waals surface area contributed by atoms with Crippen molar-refractivity contribution in [1.29, 1.82) is 5.26 Å². The number of benzene rings is 2. The first-order chi connectivity index (χ1) is 15.6. The number of amides is 1. The van der Waals surface area contributed by atoms with Gasteiger partial charge in [-0.15, -0.1) is 11.3 Å².